The minimum Gasteiger partial charge on any atom is -0.478 e. The lowest BCUT2D eigenvalue weighted by Crippen LogP contribution is -1.97. The number of rotatable bonds is 3. The summed E-state index contributed by atoms with van der Waals surface area (Å²) in [5, 5.41) is 0.408. The number of hydrogen-bond donors (Lipinski definition) is 0. The van der Waals surface area contributed by atoms with Crippen molar-refractivity contribution in [3.8, 4) is 5.88 Å². The largest absolute Gasteiger partial charge is 0.478 e. The molecule has 0 radical (unpaired) electrons. The molecule has 3 nitrogen and oxygen atoms in total. The molecule has 0 atom stereocenters. The first-order valence-electron chi connectivity index (χ1n) is 3.43. The van der Waals surface area contributed by atoms with Crippen molar-refractivity contribution in [1.82, 2.24) is 9.97 Å². The zero-order chi connectivity index (χ0) is 8.10. The lowest BCUT2D eigenvalue weighted by molar-refractivity contribution is 0.304. The highest BCUT2D eigenvalue weighted by Gasteiger charge is 1.94. The Morgan fingerprint density at radius 2 is 2.36 bits per heavy atom. The van der Waals surface area contributed by atoms with Gasteiger partial charge in [-0.1, -0.05) is 18.5 Å². The van der Waals surface area contributed by atoms with Crippen molar-refractivity contribution in [3.63, 3.8) is 0 Å². The smallest absolute Gasteiger partial charge is 0.217 e. The van der Waals surface area contributed by atoms with Gasteiger partial charge >= 0.3 is 0 Å². The van der Waals surface area contributed by atoms with E-state index in [1.165, 1.54) is 6.33 Å². The normalized spacial score (nSPS) is 9.64. The van der Waals surface area contributed by atoms with Gasteiger partial charge in [0.25, 0.3) is 0 Å². The Labute approximate surface area is 70.4 Å². The minimum absolute atomic E-state index is 0.408. The second kappa shape index (κ2) is 4.13. The van der Waals surface area contributed by atoms with Gasteiger partial charge in [0.1, 0.15) is 11.5 Å². The van der Waals surface area contributed by atoms with Crippen molar-refractivity contribution >= 4 is 11.6 Å². The molecule has 1 rings (SSSR count). The molecule has 1 heterocycles. The molecule has 0 unspecified atom stereocenters. The molecule has 0 aliphatic rings. The van der Waals surface area contributed by atoms with Gasteiger partial charge in [0.2, 0.25) is 5.88 Å². The highest BCUT2D eigenvalue weighted by molar-refractivity contribution is 6.29. The molecule has 0 bridgehead atoms. The Balaban J connectivity index is 2.56. The van der Waals surface area contributed by atoms with E-state index < -0.39 is 0 Å². The zero-order valence-corrected chi connectivity index (χ0v) is 7.01. The van der Waals surface area contributed by atoms with Gasteiger partial charge in [0, 0.05) is 6.07 Å². The summed E-state index contributed by atoms with van der Waals surface area (Å²) in [7, 11) is 0. The molecule has 0 aliphatic carbocycles. The number of nitrogens with zero attached hydrogens (tertiary/aromatic N) is 2. The van der Waals surface area contributed by atoms with Crippen LogP contribution in [-0.2, 0) is 0 Å². The summed E-state index contributed by atoms with van der Waals surface area (Å²) in [4.78, 5) is 7.58. The lowest BCUT2D eigenvalue weighted by atomic mass is 10.5. The number of aromatic nitrogens is 2. The highest BCUT2D eigenvalue weighted by atomic mass is 35.5. The molecule has 0 saturated heterocycles. The van der Waals surface area contributed by atoms with Gasteiger partial charge in [-0.05, 0) is 6.42 Å². The van der Waals surface area contributed by atoms with Crippen LogP contribution in [0.5, 0.6) is 5.88 Å². The van der Waals surface area contributed by atoms with E-state index in [-0.39, 0.29) is 0 Å². The molecule has 11 heavy (non-hydrogen) atoms. The summed E-state index contributed by atoms with van der Waals surface area (Å²) >= 11 is 5.59. The molecule has 0 aromatic carbocycles. The van der Waals surface area contributed by atoms with Gasteiger partial charge in [0.05, 0.1) is 6.61 Å². The first kappa shape index (κ1) is 8.27. The van der Waals surface area contributed by atoms with E-state index >= 15 is 0 Å². The fraction of sp³-hybridized carbons (Fsp3) is 0.429. The predicted octanol–water partition coefficient (Wildman–Crippen LogP) is 1.92. The molecule has 4 heteroatoms. The Kier molecular flexibility index (Phi) is 3.11. The van der Waals surface area contributed by atoms with E-state index in [1.807, 2.05) is 6.92 Å². The Bertz CT molecular complexity index is 229. The second-order valence-corrected chi connectivity index (χ2v) is 2.41. The van der Waals surface area contributed by atoms with Crippen molar-refractivity contribution in [2.45, 2.75) is 13.3 Å². The average molecular weight is 173 g/mol. The van der Waals surface area contributed by atoms with E-state index in [9.17, 15) is 0 Å². The van der Waals surface area contributed by atoms with Gasteiger partial charge in [-0.25, -0.2) is 9.97 Å². The molecule has 60 valence electrons. The van der Waals surface area contributed by atoms with E-state index in [0.29, 0.717) is 17.6 Å². The van der Waals surface area contributed by atoms with Crippen molar-refractivity contribution in [1.29, 1.82) is 0 Å². The van der Waals surface area contributed by atoms with Gasteiger partial charge in [-0.15, -0.1) is 0 Å². The van der Waals surface area contributed by atoms with Crippen LogP contribution in [0.2, 0.25) is 5.15 Å². The number of ether oxygens (including phenoxy) is 1. The lowest BCUT2D eigenvalue weighted by Gasteiger charge is -2.01. The van der Waals surface area contributed by atoms with Crippen LogP contribution in [0.1, 0.15) is 13.3 Å². The van der Waals surface area contributed by atoms with Crippen molar-refractivity contribution in [2.75, 3.05) is 6.61 Å². The maximum absolute atomic E-state index is 5.59. The predicted molar refractivity (Wildman–Crippen MR) is 42.8 cm³/mol. The van der Waals surface area contributed by atoms with Crippen LogP contribution in [0, 0.1) is 0 Å². The minimum atomic E-state index is 0.408. The van der Waals surface area contributed by atoms with Crippen LogP contribution < -0.4 is 4.74 Å². The van der Waals surface area contributed by atoms with Crippen LogP contribution in [-0.4, -0.2) is 16.6 Å². The third-order valence-electron chi connectivity index (χ3n) is 1.06. The third-order valence-corrected chi connectivity index (χ3v) is 1.27. The third kappa shape index (κ3) is 2.72. The summed E-state index contributed by atoms with van der Waals surface area (Å²) in [6, 6.07) is 1.59. The summed E-state index contributed by atoms with van der Waals surface area (Å²) in [6.07, 6.45) is 2.34. The van der Waals surface area contributed by atoms with Gasteiger partial charge in [0.15, 0.2) is 0 Å². The highest BCUT2D eigenvalue weighted by Crippen LogP contribution is 2.10. The van der Waals surface area contributed by atoms with Crippen molar-refractivity contribution in [2.24, 2.45) is 0 Å². The molecular weight excluding hydrogens is 164 g/mol. The zero-order valence-electron chi connectivity index (χ0n) is 6.25. The summed E-state index contributed by atoms with van der Waals surface area (Å²) in [5.41, 5.74) is 0. The van der Waals surface area contributed by atoms with Gasteiger partial charge in [-0.2, -0.15) is 0 Å². The first-order valence-corrected chi connectivity index (χ1v) is 3.81. The maximum Gasteiger partial charge on any atom is 0.217 e. The van der Waals surface area contributed by atoms with Crippen LogP contribution in [0.3, 0.4) is 0 Å². The van der Waals surface area contributed by atoms with Crippen LogP contribution >= 0.6 is 11.6 Å². The molecule has 1 aromatic heterocycles. The molecular formula is C7H9ClN2O. The maximum atomic E-state index is 5.59. The Morgan fingerprint density at radius 3 is 3.00 bits per heavy atom. The van der Waals surface area contributed by atoms with Crippen LogP contribution in [0.15, 0.2) is 12.4 Å². The second-order valence-electron chi connectivity index (χ2n) is 2.03. The summed E-state index contributed by atoms with van der Waals surface area (Å²) in [6.45, 7) is 2.69. The Hall–Kier alpha value is -0.830. The molecule has 0 saturated carbocycles. The van der Waals surface area contributed by atoms with Gasteiger partial charge < -0.3 is 4.74 Å². The quantitative estimate of drug-likeness (QED) is 0.654. The Morgan fingerprint density at radius 1 is 1.55 bits per heavy atom. The average Bonchev–Trinajstić information content (AvgIpc) is 2.01. The number of halogens is 1. The molecule has 0 fully saturated rings. The standard InChI is InChI=1S/C7H9ClN2O/c1-2-3-11-7-4-6(8)9-5-10-7/h4-5H,2-3H2,1H3. The van der Waals surface area contributed by atoms with Crippen LogP contribution in [0.25, 0.3) is 0 Å². The topological polar surface area (TPSA) is 35.0 Å². The summed E-state index contributed by atoms with van der Waals surface area (Å²) < 4.78 is 5.20. The molecule has 0 amide bonds. The van der Waals surface area contributed by atoms with Crippen molar-refractivity contribution < 1.29 is 4.74 Å². The van der Waals surface area contributed by atoms with E-state index in [2.05, 4.69) is 9.97 Å². The molecule has 1 aromatic rings. The molecule has 0 spiro atoms. The number of hydrogen-bond acceptors (Lipinski definition) is 3. The van der Waals surface area contributed by atoms with E-state index in [4.69, 9.17) is 16.3 Å². The van der Waals surface area contributed by atoms with E-state index in [1.54, 1.807) is 6.07 Å². The monoisotopic (exact) mass is 172 g/mol. The van der Waals surface area contributed by atoms with Crippen molar-refractivity contribution in [3.05, 3.63) is 17.5 Å². The van der Waals surface area contributed by atoms with E-state index in [0.717, 1.165) is 6.42 Å². The SMILES string of the molecule is CCCOc1cc(Cl)ncn1. The summed E-state index contributed by atoms with van der Waals surface area (Å²) in [5.74, 6) is 0.534. The van der Waals surface area contributed by atoms with Crippen LogP contribution in [0.4, 0.5) is 0 Å². The fourth-order valence-corrected chi connectivity index (χ4v) is 0.740. The van der Waals surface area contributed by atoms with Gasteiger partial charge in [-0.3, -0.25) is 0 Å². The first-order chi connectivity index (χ1) is 5.33. The molecule has 0 N–H and O–H groups in total. The molecule has 0 aliphatic heterocycles. The fourth-order valence-electron chi connectivity index (χ4n) is 0.603.